The van der Waals surface area contributed by atoms with Crippen LogP contribution in [0.4, 0.5) is 5.69 Å². The van der Waals surface area contributed by atoms with Gasteiger partial charge in [0.1, 0.15) is 6.54 Å². The van der Waals surface area contributed by atoms with Crippen molar-refractivity contribution in [3.8, 4) is 0 Å². The van der Waals surface area contributed by atoms with E-state index in [4.69, 9.17) is 23.2 Å². The maximum absolute atomic E-state index is 13.3. The van der Waals surface area contributed by atoms with E-state index < -0.39 is 10.0 Å². The molecular formula is C21H22Cl2N2O3S. The van der Waals surface area contributed by atoms with Crippen LogP contribution in [-0.2, 0) is 14.8 Å². The zero-order valence-corrected chi connectivity index (χ0v) is 18.1. The second kappa shape index (κ2) is 8.17. The van der Waals surface area contributed by atoms with Gasteiger partial charge in [-0.25, -0.2) is 8.42 Å². The molecule has 5 nitrogen and oxygen atoms in total. The van der Waals surface area contributed by atoms with Gasteiger partial charge >= 0.3 is 0 Å². The highest BCUT2D eigenvalue weighted by Gasteiger charge is 2.40. The Balaban J connectivity index is 1.61. The molecule has 2 aromatic carbocycles. The zero-order valence-electron chi connectivity index (χ0n) is 15.7. The third-order valence-electron chi connectivity index (χ3n) is 5.89. The molecule has 2 saturated carbocycles. The monoisotopic (exact) mass is 452 g/mol. The van der Waals surface area contributed by atoms with Crippen LogP contribution in [0.5, 0.6) is 0 Å². The molecule has 3 atom stereocenters. The molecule has 4 rings (SSSR count). The molecule has 0 spiro atoms. The van der Waals surface area contributed by atoms with Crippen molar-refractivity contribution < 1.29 is 13.2 Å². The van der Waals surface area contributed by atoms with Crippen LogP contribution in [0.25, 0.3) is 0 Å². The van der Waals surface area contributed by atoms with Gasteiger partial charge in [0.25, 0.3) is 10.0 Å². The van der Waals surface area contributed by atoms with Crippen molar-refractivity contribution in [1.82, 2.24) is 5.32 Å². The molecule has 0 saturated heterocycles. The summed E-state index contributed by atoms with van der Waals surface area (Å²) in [6, 6.07) is 12.7. The third-order valence-corrected chi connectivity index (χ3v) is 8.42. The molecule has 2 aliphatic carbocycles. The first kappa shape index (κ1) is 20.5. The van der Waals surface area contributed by atoms with Gasteiger partial charge in [0.05, 0.1) is 20.6 Å². The standard InChI is InChI=1S/C21H22Cl2N2O3S/c22-18-9-8-16(12-19(18)23)25(29(27,28)17-4-2-1-3-5-17)13-21(26)24-20-11-14-6-7-15(20)10-14/h1-5,8-9,12,14-15,20H,6-7,10-11,13H2,(H,24,26)/t14-,15-,20-/m1/s1. The van der Waals surface area contributed by atoms with Crippen molar-refractivity contribution in [1.29, 1.82) is 0 Å². The molecule has 0 radical (unpaired) electrons. The molecule has 1 N–H and O–H groups in total. The molecule has 2 aromatic rings. The summed E-state index contributed by atoms with van der Waals surface area (Å²) in [5, 5.41) is 3.60. The normalized spacial score (nSPS) is 23.2. The molecule has 1 amide bonds. The number of carbonyl (C=O) groups excluding carboxylic acids is 1. The van der Waals surface area contributed by atoms with E-state index in [0.29, 0.717) is 22.5 Å². The van der Waals surface area contributed by atoms with E-state index in [1.54, 1.807) is 24.3 Å². The summed E-state index contributed by atoms with van der Waals surface area (Å²) in [5.41, 5.74) is 0.298. The molecule has 8 heteroatoms. The Kier molecular flexibility index (Phi) is 5.78. The highest BCUT2D eigenvalue weighted by atomic mass is 35.5. The quantitative estimate of drug-likeness (QED) is 0.701. The van der Waals surface area contributed by atoms with Crippen molar-refractivity contribution in [2.45, 2.75) is 36.6 Å². The third kappa shape index (κ3) is 4.25. The van der Waals surface area contributed by atoms with Crippen molar-refractivity contribution >= 4 is 44.8 Å². The molecule has 29 heavy (non-hydrogen) atoms. The van der Waals surface area contributed by atoms with Gasteiger partial charge in [0.15, 0.2) is 0 Å². The topological polar surface area (TPSA) is 66.5 Å². The minimum atomic E-state index is -3.95. The summed E-state index contributed by atoms with van der Waals surface area (Å²) in [5.74, 6) is 0.880. The molecule has 0 unspecified atom stereocenters. The van der Waals surface area contributed by atoms with Gasteiger partial charge in [0.2, 0.25) is 5.91 Å². The van der Waals surface area contributed by atoms with E-state index in [0.717, 1.165) is 23.6 Å². The second-order valence-electron chi connectivity index (χ2n) is 7.77. The van der Waals surface area contributed by atoms with E-state index in [9.17, 15) is 13.2 Å². The average Bonchev–Trinajstić information content (AvgIpc) is 3.32. The number of halogens is 2. The fraction of sp³-hybridized carbons (Fsp3) is 0.381. The Morgan fingerprint density at radius 2 is 1.79 bits per heavy atom. The molecule has 2 fully saturated rings. The molecule has 2 bridgehead atoms. The number of sulfonamides is 1. The van der Waals surface area contributed by atoms with Gasteiger partial charge < -0.3 is 5.32 Å². The minimum absolute atomic E-state index is 0.110. The fourth-order valence-corrected chi connectivity index (χ4v) is 6.21. The number of anilines is 1. The Hall–Kier alpha value is -1.76. The molecule has 0 aromatic heterocycles. The van der Waals surface area contributed by atoms with Gasteiger partial charge in [-0.3, -0.25) is 9.10 Å². The largest absolute Gasteiger partial charge is 0.352 e. The van der Waals surface area contributed by atoms with Gasteiger partial charge in [-0.15, -0.1) is 0 Å². The van der Waals surface area contributed by atoms with Crippen molar-refractivity contribution in [3.05, 3.63) is 58.6 Å². The lowest BCUT2D eigenvalue weighted by molar-refractivity contribution is -0.120. The lowest BCUT2D eigenvalue weighted by Crippen LogP contribution is -2.46. The number of hydrogen-bond donors (Lipinski definition) is 1. The highest BCUT2D eigenvalue weighted by Crippen LogP contribution is 2.44. The number of benzene rings is 2. The van der Waals surface area contributed by atoms with Crippen LogP contribution in [0.3, 0.4) is 0 Å². The lowest BCUT2D eigenvalue weighted by atomic mass is 9.95. The van der Waals surface area contributed by atoms with Crippen LogP contribution in [0.1, 0.15) is 25.7 Å². The Morgan fingerprint density at radius 3 is 2.41 bits per heavy atom. The SMILES string of the molecule is O=C(CN(c1ccc(Cl)c(Cl)c1)S(=O)(=O)c1ccccc1)N[C@@H]1C[C@@H]2CC[C@@H]1C2. The Labute approximate surface area is 181 Å². The maximum atomic E-state index is 13.3. The number of amides is 1. The summed E-state index contributed by atoms with van der Waals surface area (Å²) in [6.45, 7) is -0.316. The molecule has 0 heterocycles. The van der Waals surface area contributed by atoms with E-state index in [1.807, 2.05) is 0 Å². The van der Waals surface area contributed by atoms with Gasteiger partial charge in [0, 0.05) is 6.04 Å². The van der Waals surface area contributed by atoms with Crippen LogP contribution in [0, 0.1) is 11.8 Å². The smallest absolute Gasteiger partial charge is 0.264 e. The Bertz CT molecular complexity index is 1010. The summed E-state index contributed by atoms with van der Waals surface area (Å²) >= 11 is 12.1. The van der Waals surface area contributed by atoms with Crippen molar-refractivity contribution in [2.24, 2.45) is 11.8 Å². The number of nitrogens with one attached hydrogen (secondary N) is 1. The number of carbonyl (C=O) groups is 1. The van der Waals surface area contributed by atoms with E-state index in [1.165, 1.54) is 30.7 Å². The second-order valence-corrected chi connectivity index (χ2v) is 10.4. The summed E-state index contributed by atoms with van der Waals surface area (Å²) in [6.07, 6.45) is 4.50. The van der Waals surface area contributed by atoms with Crippen molar-refractivity contribution in [2.75, 3.05) is 10.8 Å². The van der Waals surface area contributed by atoms with Crippen LogP contribution in [0.2, 0.25) is 10.0 Å². The minimum Gasteiger partial charge on any atom is -0.352 e. The summed E-state index contributed by atoms with van der Waals surface area (Å²) in [7, 11) is -3.95. The molecule has 154 valence electrons. The van der Waals surface area contributed by atoms with Crippen LogP contribution in [-0.4, -0.2) is 26.9 Å². The fourth-order valence-electron chi connectivity index (χ4n) is 4.48. The van der Waals surface area contributed by atoms with E-state index in [2.05, 4.69) is 5.32 Å². The van der Waals surface area contributed by atoms with Gasteiger partial charge in [-0.1, -0.05) is 47.8 Å². The number of fused-ring (bicyclic) bond motifs is 2. The molecule has 2 aliphatic rings. The number of nitrogens with zero attached hydrogens (tertiary/aromatic N) is 1. The first-order valence-corrected chi connectivity index (χ1v) is 11.9. The predicted octanol–water partition coefficient (Wildman–Crippen LogP) is 4.49. The van der Waals surface area contributed by atoms with E-state index >= 15 is 0 Å². The van der Waals surface area contributed by atoms with Gasteiger partial charge in [-0.2, -0.15) is 0 Å². The maximum Gasteiger partial charge on any atom is 0.264 e. The van der Waals surface area contributed by atoms with Crippen molar-refractivity contribution in [3.63, 3.8) is 0 Å². The summed E-state index contributed by atoms with van der Waals surface area (Å²) < 4.78 is 27.7. The van der Waals surface area contributed by atoms with Crippen LogP contribution < -0.4 is 9.62 Å². The highest BCUT2D eigenvalue weighted by molar-refractivity contribution is 7.92. The molecule has 0 aliphatic heterocycles. The number of hydrogen-bond acceptors (Lipinski definition) is 3. The first-order chi connectivity index (χ1) is 13.8. The zero-order chi connectivity index (χ0) is 20.6. The van der Waals surface area contributed by atoms with Crippen LogP contribution >= 0.6 is 23.2 Å². The van der Waals surface area contributed by atoms with E-state index in [-0.39, 0.29) is 28.4 Å². The van der Waals surface area contributed by atoms with Crippen LogP contribution in [0.15, 0.2) is 53.4 Å². The lowest BCUT2D eigenvalue weighted by Gasteiger charge is -2.27. The Morgan fingerprint density at radius 1 is 1.03 bits per heavy atom. The average molecular weight is 453 g/mol. The predicted molar refractivity (Wildman–Crippen MR) is 115 cm³/mol. The summed E-state index contributed by atoms with van der Waals surface area (Å²) in [4.78, 5) is 12.9. The molecular weight excluding hydrogens is 431 g/mol. The van der Waals surface area contributed by atoms with Gasteiger partial charge in [-0.05, 0) is 61.4 Å². The first-order valence-electron chi connectivity index (χ1n) is 9.67. The number of rotatable bonds is 6.